The van der Waals surface area contributed by atoms with Gasteiger partial charge in [-0.3, -0.25) is 4.90 Å². The van der Waals surface area contributed by atoms with Gasteiger partial charge in [-0.05, 0) is 12.0 Å². The molecule has 1 unspecified atom stereocenters. The summed E-state index contributed by atoms with van der Waals surface area (Å²) in [4.78, 5) is 2.23. The lowest BCUT2D eigenvalue weighted by Crippen LogP contribution is -2.32. The Kier molecular flexibility index (Phi) is 6.30. The first-order valence-corrected chi connectivity index (χ1v) is 8.33. The summed E-state index contributed by atoms with van der Waals surface area (Å²) in [6.45, 7) is 8.36. The summed E-state index contributed by atoms with van der Waals surface area (Å²) in [5.74, 6) is 2.29. The Morgan fingerprint density at radius 2 is 1.83 bits per heavy atom. The summed E-state index contributed by atoms with van der Waals surface area (Å²) in [7, 11) is 2.02. The van der Waals surface area contributed by atoms with Gasteiger partial charge in [0.25, 0.3) is 0 Å². The third-order valence-electron chi connectivity index (χ3n) is 4.07. The topological polar surface area (TPSA) is 54.2 Å². The Bertz CT molecular complexity index is 594. The van der Waals surface area contributed by atoms with Crippen molar-refractivity contribution in [3.63, 3.8) is 0 Å². The molecule has 1 atom stereocenters. The van der Waals surface area contributed by atoms with E-state index in [1.54, 1.807) is 0 Å². The minimum absolute atomic E-state index is 0.323. The van der Waals surface area contributed by atoms with E-state index in [1.165, 1.54) is 5.56 Å². The lowest BCUT2D eigenvalue weighted by molar-refractivity contribution is 0.0993. The van der Waals surface area contributed by atoms with Crippen LogP contribution in [-0.4, -0.2) is 37.4 Å². The minimum Gasteiger partial charge on any atom is -0.392 e. The molecule has 0 amide bonds. The van der Waals surface area contributed by atoms with Crippen LogP contribution in [0.5, 0.6) is 0 Å². The van der Waals surface area contributed by atoms with Crippen LogP contribution in [0.25, 0.3) is 0 Å². The van der Waals surface area contributed by atoms with Crippen LogP contribution < -0.4 is 0 Å². The molecule has 0 saturated heterocycles. The molecule has 0 spiro atoms. The lowest BCUT2D eigenvalue weighted by Gasteiger charge is -2.24. The molecule has 1 aromatic carbocycles. The van der Waals surface area contributed by atoms with E-state index in [0.29, 0.717) is 19.0 Å². The third kappa shape index (κ3) is 4.88. The van der Waals surface area contributed by atoms with Gasteiger partial charge in [-0.1, -0.05) is 51.1 Å². The molecule has 23 heavy (non-hydrogen) atoms. The molecule has 0 saturated carbocycles. The molecule has 5 heteroatoms. The van der Waals surface area contributed by atoms with Crippen LogP contribution in [-0.2, 0) is 20.1 Å². The van der Waals surface area contributed by atoms with Gasteiger partial charge in [-0.15, -0.1) is 10.2 Å². The third-order valence-corrected chi connectivity index (χ3v) is 4.07. The molecule has 0 radical (unpaired) electrons. The first-order chi connectivity index (χ1) is 11.0. The smallest absolute Gasteiger partial charge is 0.146 e. The minimum atomic E-state index is -0.323. The maximum Gasteiger partial charge on any atom is 0.146 e. The Hall–Kier alpha value is -1.72. The largest absolute Gasteiger partial charge is 0.392 e. The summed E-state index contributed by atoms with van der Waals surface area (Å²) >= 11 is 0. The van der Waals surface area contributed by atoms with Crippen molar-refractivity contribution < 1.29 is 5.11 Å². The fourth-order valence-electron chi connectivity index (χ4n) is 2.67. The first-order valence-electron chi connectivity index (χ1n) is 8.33. The van der Waals surface area contributed by atoms with Crippen molar-refractivity contribution in [1.29, 1.82) is 0 Å². The van der Waals surface area contributed by atoms with Crippen molar-refractivity contribution in [2.75, 3.05) is 6.54 Å². The molecule has 2 aromatic rings. The fraction of sp³-hybridized carbons (Fsp3) is 0.556. The number of aliphatic hydroxyl groups excluding tert-OH is 1. The SMILES string of the molecule is CCC(O)CN(Cc1ccccc1)Cc1nnc(C(C)C)n1C. The predicted molar refractivity (Wildman–Crippen MR) is 91.9 cm³/mol. The number of nitrogens with zero attached hydrogens (tertiary/aromatic N) is 4. The number of aromatic nitrogens is 3. The van der Waals surface area contributed by atoms with Crippen LogP contribution in [0, 0.1) is 0 Å². The number of aliphatic hydroxyl groups is 1. The van der Waals surface area contributed by atoms with Crippen molar-refractivity contribution in [3.05, 3.63) is 47.5 Å². The number of rotatable bonds is 8. The normalized spacial score (nSPS) is 13.0. The summed E-state index contributed by atoms with van der Waals surface area (Å²) in [6, 6.07) is 10.3. The van der Waals surface area contributed by atoms with E-state index >= 15 is 0 Å². The molecule has 0 aliphatic heterocycles. The molecular formula is C18H28N4O. The standard InChI is InChI=1S/C18H28N4O/c1-5-16(23)12-22(11-15-9-7-6-8-10-15)13-17-19-20-18(14(2)3)21(17)4/h6-10,14,16,23H,5,11-13H2,1-4H3. The Balaban J connectivity index is 2.13. The van der Waals surface area contributed by atoms with E-state index in [9.17, 15) is 5.11 Å². The maximum absolute atomic E-state index is 10.1. The van der Waals surface area contributed by atoms with Crippen molar-refractivity contribution in [2.24, 2.45) is 7.05 Å². The van der Waals surface area contributed by atoms with Gasteiger partial charge in [-0.2, -0.15) is 0 Å². The van der Waals surface area contributed by atoms with Crippen LogP contribution in [0.4, 0.5) is 0 Å². The van der Waals surface area contributed by atoms with Crippen LogP contribution in [0.2, 0.25) is 0 Å². The highest BCUT2D eigenvalue weighted by atomic mass is 16.3. The molecule has 126 valence electrons. The Morgan fingerprint density at radius 1 is 1.13 bits per heavy atom. The van der Waals surface area contributed by atoms with Gasteiger partial charge in [0.05, 0.1) is 12.6 Å². The van der Waals surface area contributed by atoms with Crippen LogP contribution in [0.15, 0.2) is 30.3 Å². The monoisotopic (exact) mass is 316 g/mol. The fourth-order valence-corrected chi connectivity index (χ4v) is 2.67. The summed E-state index contributed by atoms with van der Waals surface area (Å²) in [5, 5.41) is 18.7. The molecule has 5 nitrogen and oxygen atoms in total. The molecule has 1 heterocycles. The molecule has 2 rings (SSSR count). The molecule has 0 fully saturated rings. The average Bonchev–Trinajstić information content (AvgIpc) is 2.89. The van der Waals surface area contributed by atoms with Crippen molar-refractivity contribution in [2.45, 2.75) is 52.3 Å². The van der Waals surface area contributed by atoms with Crippen LogP contribution >= 0.6 is 0 Å². The van der Waals surface area contributed by atoms with Crippen LogP contribution in [0.3, 0.4) is 0 Å². The van der Waals surface area contributed by atoms with Gasteiger partial charge in [0, 0.05) is 26.1 Å². The van der Waals surface area contributed by atoms with E-state index in [-0.39, 0.29) is 6.10 Å². The molecule has 0 bridgehead atoms. The number of benzene rings is 1. The van der Waals surface area contributed by atoms with Gasteiger partial charge in [0.1, 0.15) is 11.6 Å². The summed E-state index contributed by atoms with van der Waals surface area (Å²) in [6.07, 6.45) is 0.429. The van der Waals surface area contributed by atoms with Crippen molar-refractivity contribution >= 4 is 0 Å². The lowest BCUT2D eigenvalue weighted by atomic mass is 10.2. The average molecular weight is 316 g/mol. The zero-order chi connectivity index (χ0) is 16.8. The van der Waals surface area contributed by atoms with E-state index < -0.39 is 0 Å². The van der Waals surface area contributed by atoms with Crippen LogP contribution in [0.1, 0.15) is 50.3 Å². The zero-order valence-corrected chi connectivity index (χ0v) is 14.6. The molecular weight excluding hydrogens is 288 g/mol. The first kappa shape index (κ1) is 17.6. The second kappa shape index (κ2) is 8.22. The maximum atomic E-state index is 10.1. The number of hydrogen-bond acceptors (Lipinski definition) is 4. The number of hydrogen-bond donors (Lipinski definition) is 1. The van der Waals surface area contributed by atoms with E-state index in [2.05, 4.69) is 45.6 Å². The molecule has 1 N–H and O–H groups in total. The van der Waals surface area contributed by atoms with E-state index in [0.717, 1.165) is 24.6 Å². The molecule has 1 aromatic heterocycles. The summed E-state index contributed by atoms with van der Waals surface area (Å²) in [5.41, 5.74) is 1.24. The Morgan fingerprint density at radius 3 is 2.39 bits per heavy atom. The molecule has 0 aliphatic carbocycles. The van der Waals surface area contributed by atoms with Gasteiger partial charge in [0.2, 0.25) is 0 Å². The second-order valence-electron chi connectivity index (χ2n) is 6.41. The zero-order valence-electron chi connectivity index (χ0n) is 14.6. The van der Waals surface area contributed by atoms with Crippen molar-refractivity contribution in [1.82, 2.24) is 19.7 Å². The highest BCUT2D eigenvalue weighted by molar-refractivity contribution is 5.14. The van der Waals surface area contributed by atoms with Gasteiger partial charge in [0.15, 0.2) is 0 Å². The highest BCUT2D eigenvalue weighted by Gasteiger charge is 2.17. The predicted octanol–water partition coefficient (Wildman–Crippen LogP) is 2.71. The van der Waals surface area contributed by atoms with Gasteiger partial charge < -0.3 is 9.67 Å². The van der Waals surface area contributed by atoms with Gasteiger partial charge in [-0.25, -0.2) is 0 Å². The molecule has 0 aliphatic rings. The van der Waals surface area contributed by atoms with Crippen molar-refractivity contribution in [3.8, 4) is 0 Å². The highest BCUT2D eigenvalue weighted by Crippen LogP contribution is 2.15. The van der Waals surface area contributed by atoms with E-state index in [1.807, 2.05) is 32.2 Å². The van der Waals surface area contributed by atoms with Gasteiger partial charge >= 0.3 is 0 Å². The summed E-state index contributed by atoms with van der Waals surface area (Å²) < 4.78 is 2.07. The second-order valence-corrected chi connectivity index (χ2v) is 6.41. The van der Waals surface area contributed by atoms with E-state index in [4.69, 9.17) is 0 Å². The quantitative estimate of drug-likeness (QED) is 0.813. The Labute approximate surface area is 139 Å².